The van der Waals surface area contributed by atoms with E-state index in [4.69, 9.17) is 0 Å². The molecule has 2 amide bonds. The molecule has 0 saturated carbocycles. The number of nitrogens with one attached hydrogen (secondary N) is 1. The Morgan fingerprint density at radius 2 is 1.92 bits per heavy atom. The lowest BCUT2D eigenvalue weighted by Crippen LogP contribution is -2.28. The monoisotopic (exact) mass is 336 g/mol. The van der Waals surface area contributed by atoms with E-state index in [2.05, 4.69) is 12.2 Å². The van der Waals surface area contributed by atoms with E-state index in [0.717, 1.165) is 28.9 Å². The second-order valence-electron chi connectivity index (χ2n) is 6.68. The van der Waals surface area contributed by atoms with Crippen molar-refractivity contribution in [1.29, 1.82) is 0 Å². The van der Waals surface area contributed by atoms with Crippen LogP contribution in [0.4, 0.5) is 11.4 Å². The molecule has 0 aliphatic carbocycles. The lowest BCUT2D eigenvalue weighted by atomic mass is 10.1. The van der Waals surface area contributed by atoms with E-state index in [1.165, 1.54) is 5.56 Å². The first kappa shape index (κ1) is 17.2. The average molecular weight is 336 g/mol. The number of nitrogens with zero attached hydrogens (tertiary/aromatic N) is 1. The molecule has 2 aromatic carbocycles. The summed E-state index contributed by atoms with van der Waals surface area (Å²) in [5.74, 6) is -0.395. The summed E-state index contributed by atoms with van der Waals surface area (Å²) in [6.45, 7) is 6.57. The lowest BCUT2D eigenvalue weighted by molar-refractivity contribution is -0.122. The van der Waals surface area contributed by atoms with E-state index >= 15 is 0 Å². The van der Waals surface area contributed by atoms with Gasteiger partial charge in [0, 0.05) is 24.3 Å². The maximum Gasteiger partial charge on any atom is 0.229 e. The number of hydrogen-bond donors (Lipinski definition) is 1. The quantitative estimate of drug-likeness (QED) is 0.922. The van der Waals surface area contributed by atoms with Crippen molar-refractivity contribution >= 4 is 23.2 Å². The molecule has 0 aromatic heterocycles. The molecule has 25 heavy (non-hydrogen) atoms. The van der Waals surface area contributed by atoms with Crippen molar-refractivity contribution in [2.75, 3.05) is 16.8 Å². The SMILES string of the molecule is CCc1ccccc1N1C[C@H](C(=O)Nc2ccc(C)c(C)c2)CC1=O. The van der Waals surface area contributed by atoms with Gasteiger partial charge in [0.1, 0.15) is 0 Å². The molecule has 1 atom stereocenters. The molecule has 1 N–H and O–H groups in total. The van der Waals surface area contributed by atoms with E-state index in [0.29, 0.717) is 6.54 Å². The van der Waals surface area contributed by atoms with Crippen molar-refractivity contribution in [3.05, 3.63) is 59.2 Å². The first-order chi connectivity index (χ1) is 12.0. The van der Waals surface area contributed by atoms with Gasteiger partial charge in [0.15, 0.2) is 0 Å². The van der Waals surface area contributed by atoms with E-state index < -0.39 is 0 Å². The van der Waals surface area contributed by atoms with Crippen LogP contribution in [-0.2, 0) is 16.0 Å². The van der Waals surface area contributed by atoms with Crippen molar-refractivity contribution in [2.45, 2.75) is 33.6 Å². The highest BCUT2D eigenvalue weighted by atomic mass is 16.2. The molecule has 0 spiro atoms. The van der Waals surface area contributed by atoms with Crippen LogP contribution in [-0.4, -0.2) is 18.4 Å². The van der Waals surface area contributed by atoms with Crippen LogP contribution < -0.4 is 10.2 Å². The van der Waals surface area contributed by atoms with Crippen molar-refractivity contribution in [3.63, 3.8) is 0 Å². The van der Waals surface area contributed by atoms with Crippen molar-refractivity contribution in [3.8, 4) is 0 Å². The molecule has 4 nitrogen and oxygen atoms in total. The third-order valence-corrected chi connectivity index (χ3v) is 4.93. The van der Waals surface area contributed by atoms with Gasteiger partial charge in [-0.15, -0.1) is 0 Å². The molecule has 1 fully saturated rings. The summed E-state index contributed by atoms with van der Waals surface area (Å²) in [5.41, 5.74) is 5.17. The number of rotatable bonds is 4. The average Bonchev–Trinajstić information content (AvgIpc) is 3.00. The normalized spacial score (nSPS) is 17.0. The van der Waals surface area contributed by atoms with Crippen LogP contribution in [0.3, 0.4) is 0 Å². The minimum atomic E-state index is -0.320. The molecule has 0 bridgehead atoms. The molecule has 1 aliphatic rings. The number of hydrogen-bond acceptors (Lipinski definition) is 2. The van der Waals surface area contributed by atoms with Crippen LogP contribution in [0.1, 0.15) is 30.0 Å². The molecule has 130 valence electrons. The Balaban J connectivity index is 1.73. The highest BCUT2D eigenvalue weighted by Gasteiger charge is 2.35. The van der Waals surface area contributed by atoms with Crippen LogP contribution in [0.25, 0.3) is 0 Å². The number of aryl methyl sites for hydroxylation is 3. The maximum absolute atomic E-state index is 12.6. The van der Waals surface area contributed by atoms with Crippen molar-refractivity contribution < 1.29 is 9.59 Å². The standard InChI is InChI=1S/C21H24N2O2/c1-4-16-7-5-6-8-19(16)23-13-17(12-20(23)24)21(25)22-18-10-9-14(2)15(3)11-18/h5-11,17H,4,12-13H2,1-3H3,(H,22,25)/t17-/m1/s1. The van der Waals surface area contributed by atoms with Gasteiger partial charge in [-0.2, -0.15) is 0 Å². The Kier molecular flexibility index (Phi) is 4.88. The third kappa shape index (κ3) is 3.58. The highest BCUT2D eigenvalue weighted by molar-refractivity contribution is 6.03. The summed E-state index contributed by atoms with van der Waals surface area (Å²) < 4.78 is 0. The van der Waals surface area contributed by atoms with Crippen LogP contribution in [0.5, 0.6) is 0 Å². The minimum Gasteiger partial charge on any atom is -0.326 e. The summed E-state index contributed by atoms with van der Waals surface area (Å²) in [6, 6.07) is 13.8. The van der Waals surface area contributed by atoms with E-state index in [1.54, 1.807) is 4.90 Å². The maximum atomic E-state index is 12.6. The first-order valence-electron chi connectivity index (χ1n) is 8.76. The minimum absolute atomic E-state index is 0.0149. The fraction of sp³-hybridized carbons (Fsp3) is 0.333. The second kappa shape index (κ2) is 7.09. The molecule has 3 rings (SSSR count). The van der Waals surface area contributed by atoms with Crippen LogP contribution in [0, 0.1) is 19.8 Å². The number of benzene rings is 2. The van der Waals surface area contributed by atoms with Gasteiger partial charge in [0.25, 0.3) is 0 Å². The Morgan fingerprint density at radius 1 is 1.16 bits per heavy atom. The molecule has 4 heteroatoms. The zero-order valence-electron chi connectivity index (χ0n) is 15.0. The third-order valence-electron chi connectivity index (χ3n) is 4.93. The molecule has 2 aromatic rings. The predicted molar refractivity (Wildman–Crippen MR) is 101 cm³/mol. The molecular formula is C21H24N2O2. The van der Waals surface area contributed by atoms with Crippen molar-refractivity contribution in [1.82, 2.24) is 0 Å². The van der Waals surface area contributed by atoms with Gasteiger partial charge < -0.3 is 10.2 Å². The number of carbonyl (C=O) groups is 2. The second-order valence-corrected chi connectivity index (χ2v) is 6.68. The van der Waals surface area contributed by atoms with Gasteiger partial charge in [-0.1, -0.05) is 31.2 Å². The fourth-order valence-corrected chi connectivity index (χ4v) is 3.25. The Labute approximate surface area is 148 Å². The lowest BCUT2D eigenvalue weighted by Gasteiger charge is -2.20. The van der Waals surface area contributed by atoms with Crippen molar-refractivity contribution in [2.24, 2.45) is 5.92 Å². The van der Waals surface area contributed by atoms with Crippen LogP contribution in [0.15, 0.2) is 42.5 Å². The number of anilines is 2. The summed E-state index contributed by atoms with van der Waals surface area (Å²) in [7, 11) is 0. The first-order valence-corrected chi connectivity index (χ1v) is 8.76. The number of amides is 2. The molecule has 0 radical (unpaired) electrons. The predicted octanol–water partition coefficient (Wildman–Crippen LogP) is 3.86. The molecule has 1 heterocycles. The highest BCUT2D eigenvalue weighted by Crippen LogP contribution is 2.29. The van der Waals surface area contributed by atoms with Crippen LogP contribution >= 0.6 is 0 Å². The molecule has 1 aliphatic heterocycles. The Bertz CT molecular complexity index is 813. The zero-order chi connectivity index (χ0) is 18.0. The molecular weight excluding hydrogens is 312 g/mol. The molecule has 1 saturated heterocycles. The van der Waals surface area contributed by atoms with Crippen LogP contribution in [0.2, 0.25) is 0 Å². The summed E-state index contributed by atoms with van der Waals surface area (Å²) in [4.78, 5) is 26.8. The van der Waals surface area contributed by atoms with E-state index in [-0.39, 0.29) is 24.2 Å². The van der Waals surface area contributed by atoms with E-state index in [1.807, 2.05) is 56.3 Å². The van der Waals surface area contributed by atoms with E-state index in [9.17, 15) is 9.59 Å². The Morgan fingerprint density at radius 3 is 2.64 bits per heavy atom. The number of carbonyl (C=O) groups excluding carboxylic acids is 2. The summed E-state index contributed by atoms with van der Waals surface area (Å²) in [6.07, 6.45) is 1.12. The largest absolute Gasteiger partial charge is 0.326 e. The van der Waals surface area contributed by atoms with Gasteiger partial charge in [-0.05, 0) is 55.2 Å². The van der Waals surface area contributed by atoms with Gasteiger partial charge >= 0.3 is 0 Å². The summed E-state index contributed by atoms with van der Waals surface area (Å²) >= 11 is 0. The fourth-order valence-electron chi connectivity index (χ4n) is 3.25. The topological polar surface area (TPSA) is 49.4 Å². The number of para-hydroxylation sites is 1. The van der Waals surface area contributed by atoms with Gasteiger partial charge in [0.2, 0.25) is 11.8 Å². The smallest absolute Gasteiger partial charge is 0.229 e. The van der Waals surface area contributed by atoms with Gasteiger partial charge in [0.05, 0.1) is 5.92 Å². The zero-order valence-corrected chi connectivity index (χ0v) is 15.0. The molecule has 0 unspecified atom stereocenters. The summed E-state index contributed by atoms with van der Waals surface area (Å²) in [5, 5.41) is 2.96. The van der Waals surface area contributed by atoms with Gasteiger partial charge in [-0.25, -0.2) is 0 Å². The Hall–Kier alpha value is -2.62. The van der Waals surface area contributed by atoms with Gasteiger partial charge in [-0.3, -0.25) is 9.59 Å².